The molecule has 0 saturated heterocycles. The van der Waals surface area contributed by atoms with Gasteiger partial charge in [0.15, 0.2) is 0 Å². The number of benzene rings is 1. The van der Waals surface area contributed by atoms with E-state index < -0.39 is 0 Å². The maximum Gasteiger partial charge on any atom is 0.233 e. The van der Waals surface area contributed by atoms with E-state index >= 15 is 0 Å². The third-order valence-electron chi connectivity index (χ3n) is 3.46. The Kier molecular flexibility index (Phi) is 4.11. The molecule has 0 spiro atoms. The summed E-state index contributed by atoms with van der Waals surface area (Å²) in [5.74, 6) is 0.228. The van der Waals surface area contributed by atoms with E-state index in [2.05, 4.69) is 20.5 Å². The van der Waals surface area contributed by atoms with Crippen LogP contribution in [-0.4, -0.2) is 30.5 Å². The number of amides is 1. The van der Waals surface area contributed by atoms with Crippen LogP contribution in [0.15, 0.2) is 30.5 Å². The van der Waals surface area contributed by atoms with Gasteiger partial charge in [-0.05, 0) is 43.7 Å². The predicted molar refractivity (Wildman–Crippen MR) is 86.3 cm³/mol. The first kappa shape index (κ1) is 15.9. The summed E-state index contributed by atoms with van der Waals surface area (Å²) >= 11 is 0. The fourth-order valence-electron chi connectivity index (χ4n) is 2.41. The van der Waals surface area contributed by atoms with Gasteiger partial charge in [-0.3, -0.25) is 14.8 Å². The summed E-state index contributed by atoms with van der Waals surface area (Å²) in [4.78, 5) is 16.5. The first-order valence-electron chi connectivity index (χ1n) is 7.41. The Hall–Kier alpha value is -3.03. The fourth-order valence-corrected chi connectivity index (χ4v) is 2.41. The van der Waals surface area contributed by atoms with E-state index in [1.807, 2.05) is 0 Å². The summed E-state index contributed by atoms with van der Waals surface area (Å²) < 4.78 is 16.4. The number of hydrogen-bond acceptors (Lipinski definition) is 4. The van der Waals surface area contributed by atoms with Gasteiger partial charge >= 0.3 is 0 Å². The van der Waals surface area contributed by atoms with E-state index in [1.54, 1.807) is 43.9 Å². The van der Waals surface area contributed by atoms with Crippen molar-refractivity contribution in [1.29, 1.82) is 0 Å². The molecule has 3 rings (SSSR count). The number of aromatic nitrogens is 5. The Labute approximate surface area is 138 Å². The van der Waals surface area contributed by atoms with Gasteiger partial charge in [-0.15, -0.1) is 5.10 Å². The Morgan fingerprint density at radius 1 is 1.25 bits per heavy atom. The van der Waals surface area contributed by atoms with Gasteiger partial charge in [-0.25, -0.2) is 4.39 Å². The van der Waals surface area contributed by atoms with Crippen LogP contribution in [0.25, 0.3) is 5.69 Å². The number of nitrogens with zero attached hydrogens (tertiary/aromatic N) is 5. The van der Waals surface area contributed by atoms with Crippen molar-refractivity contribution in [2.45, 2.75) is 20.3 Å². The average Bonchev–Trinajstić information content (AvgIpc) is 3.05. The highest BCUT2D eigenvalue weighted by molar-refractivity contribution is 5.90. The van der Waals surface area contributed by atoms with Gasteiger partial charge < -0.3 is 0 Å². The smallest absolute Gasteiger partial charge is 0.233 e. The highest BCUT2D eigenvalue weighted by atomic mass is 19.1. The van der Waals surface area contributed by atoms with Crippen LogP contribution in [0.5, 0.6) is 0 Å². The Bertz CT molecular complexity index is 898. The van der Waals surface area contributed by atoms with Crippen LogP contribution in [-0.2, 0) is 18.3 Å². The second-order valence-electron chi connectivity index (χ2n) is 5.53. The second kappa shape index (κ2) is 6.23. The van der Waals surface area contributed by atoms with E-state index in [4.69, 9.17) is 0 Å². The van der Waals surface area contributed by atoms with Crippen LogP contribution >= 0.6 is 0 Å². The maximum atomic E-state index is 13.3. The molecule has 8 heteroatoms. The summed E-state index contributed by atoms with van der Waals surface area (Å²) in [5.41, 5.74) is 2.01. The molecular formula is C16H17FN6O. The van der Waals surface area contributed by atoms with E-state index in [-0.39, 0.29) is 18.1 Å². The summed E-state index contributed by atoms with van der Waals surface area (Å²) in [6.45, 7) is 3.50. The minimum atomic E-state index is -0.325. The summed E-state index contributed by atoms with van der Waals surface area (Å²) in [6.07, 6.45) is 1.91. The molecule has 1 N–H and O–H groups in total. The average molecular weight is 328 g/mol. The molecule has 0 aliphatic carbocycles. The van der Waals surface area contributed by atoms with Crippen LogP contribution < -0.4 is 5.32 Å². The highest BCUT2D eigenvalue weighted by Crippen LogP contribution is 2.19. The number of anilines is 1. The summed E-state index contributed by atoms with van der Waals surface area (Å²) in [7, 11) is 1.79. The van der Waals surface area contributed by atoms with Gasteiger partial charge in [0, 0.05) is 13.2 Å². The van der Waals surface area contributed by atoms with Gasteiger partial charge in [-0.2, -0.15) is 14.8 Å². The van der Waals surface area contributed by atoms with E-state index in [0.29, 0.717) is 28.7 Å². The van der Waals surface area contributed by atoms with Crippen molar-refractivity contribution < 1.29 is 9.18 Å². The zero-order valence-corrected chi connectivity index (χ0v) is 13.6. The Balaban J connectivity index is 1.85. The van der Waals surface area contributed by atoms with Crippen molar-refractivity contribution in [2.24, 2.45) is 7.05 Å². The number of carbonyl (C=O) groups is 1. The van der Waals surface area contributed by atoms with Crippen LogP contribution in [0.3, 0.4) is 0 Å². The Morgan fingerprint density at radius 2 is 2.04 bits per heavy atom. The molecule has 2 aromatic heterocycles. The SMILES string of the molecule is Cc1nc(NC(=O)Cc2ccn(C)n2)n(-c2ccc(F)cc2C)n1. The predicted octanol–water partition coefficient (Wildman–Crippen LogP) is 1.94. The topological polar surface area (TPSA) is 77.6 Å². The standard InChI is InChI=1S/C16H17FN6O/c1-10-8-12(17)4-5-14(10)23-16(18-11(2)20-23)19-15(24)9-13-6-7-22(3)21-13/h4-8H,9H2,1-3H3,(H,18,19,20,24). The lowest BCUT2D eigenvalue weighted by Gasteiger charge is -2.09. The molecule has 0 unspecified atom stereocenters. The molecule has 2 heterocycles. The first-order valence-corrected chi connectivity index (χ1v) is 7.41. The molecule has 0 bridgehead atoms. The number of carbonyl (C=O) groups excluding carboxylic acids is 1. The number of hydrogen-bond donors (Lipinski definition) is 1. The van der Waals surface area contributed by atoms with Gasteiger partial charge in [0.1, 0.15) is 11.6 Å². The molecule has 0 aliphatic heterocycles. The molecule has 1 amide bonds. The van der Waals surface area contributed by atoms with Crippen molar-refractivity contribution >= 4 is 11.9 Å². The van der Waals surface area contributed by atoms with Crippen molar-refractivity contribution in [3.63, 3.8) is 0 Å². The molecule has 0 aliphatic rings. The maximum absolute atomic E-state index is 13.3. The van der Waals surface area contributed by atoms with Crippen molar-refractivity contribution in [3.05, 3.63) is 53.4 Å². The molecule has 0 saturated carbocycles. The van der Waals surface area contributed by atoms with Crippen molar-refractivity contribution in [2.75, 3.05) is 5.32 Å². The third-order valence-corrected chi connectivity index (χ3v) is 3.46. The van der Waals surface area contributed by atoms with Gasteiger partial charge in [-0.1, -0.05) is 0 Å². The van der Waals surface area contributed by atoms with Crippen LogP contribution in [0.4, 0.5) is 10.3 Å². The second-order valence-corrected chi connectivity index (χ2v) is 5.53. The van der Waals surface area contributed by atoms with Gasteiger partial charge in [0.25, 0.3) is 0 Å². The van der Waals surface area contributed by atoms with Crippen LogP contribution in [0.2, 0.25) is 0 Å². The minimum Gasteiger partial charge on any atom is -0.294 e. The molecule has 124 valence electrons. The summed E-state index contributed by atoms with van der Waals surface area (Å²) in [5, 5.41) is 11.2. The third kappa shape index (κ3) is 3.32. The lowest BCUT2D eigenvalue weighted by Crippen LogP contribution is -2.18. The fraction of sp³-hybridized carbons (Fsp3) is 0.250. The van der Waals surface area contributed by atoms with Gasteiger partial charge in [0.05, 0.1) is 17.8 Å². The van der Waals surface area contributed by atoms with Gasteiger partial charge in [0.2, 0.25) is 11.9 Å². The van der Waals surface area contributed by atoms with E-state index in [1.165, 1.54) is 16.8 Å². The normalized spacial score (nSPS) is 10.8. The van der Waals surface area contributed by atoms with E-state index in [0.717, 1.165) is 0 Å². The molecule has 0 radical (unpaired) electrons. The highest BCUT2D eigenvalue weighted by Gasteiger charge is 2.15. The first-order chi connectivity index (χ1) is 11.4. The largest absolute Gasteiger partial charge is 0.294 e. The quantitative estimate of drug-likeness (QED) is 0.794. The van der Waals surface area contributed by atoms with Crippen molar-refractivity contribution in [1.82, 2.24) is 24.5 Å². The molecular weight excluding hydrogens is 311 g/mol. The number of aryl methyl sites for hydroxylation is 3. The zero-order valence-electron chi connectivity index (χ0n) is 13.6. The lowest BCUT2D eigenvalue weighted by atomic mass is 10.2. The monoisotopic (exact) mass is 328 g/mol. The number of rotatable bonds is 4. The van der Waals surface area contributed by atoms with Crippen LogP contribution in [0, 0.1) is 19.7 Å². The van der Waals surface area contributed by atoms with Crippen LogP contribution in [0.1, 0.15) is 17.1 Å². The van der Waals surface area contributed by atoms with Crippen molar-refractivity contribution in [3.8, 4) is 5.69 Å². The number of halogens is 1. The number of nitrogens with one attached hydrogen (secondary N) is 1. The molecule has 24 heavy (non-hydrogen) atoms. The molecule has 0 fully saturated rings. The molecule has 0 atom stereocenters. The lowest BCUT2D eigenvalue weighted by molar-refractivity contribution is -0.115. The molecule has 1 aromatic carbocycles. The molecule has 7 nitrogen and oxygen atoms in total. The zero-order chi connectivity index (χ0) is 17.3. The summed E-state index contributed by atoms with van der Waals surface area (Å²) in [6, 6.07) is 6.14. The Morgan fingerprint density at radius 3 is 2.71 bits per heavy atom. The minimum absolute atomic E-state index is 0.134. The molecule has 3 aromatic rings. The van der Waals surface area contributed by atoms with E-state index in [9.17, 15) is 9.18 Å².